The molecule has 0 radical (unpaired) electrons. The van der Waals surface area contributed by atoms with E-state index in [-0.39, 0.29) is 12.2 Å². The van der Waals surface area contributed by atoms with E-state index in [0.29, 0.717) is 46.8 Å². The third kappa shape index (κ3) is 6.60. The van der Waals surface area contributed by atoms with Crippen molar-refractivity contribution in [1.29, 1.82) is 0 Å². The second-order valence-corrected chi connectivity index (χ2v) is 9.65. The highest BCUT2D eigenvalue weighted by Gasteiger charge is 2.21. The maximum Gasteiger partial charge on any atom is 0.347 e. The van der Waals surface area contributed by atoms with Gasteiger partial charge in [0.15, 0.2) is 17.6 Å². The molecular weight excluding hydrogens is 629 g/mol. The van der Waals surface area contributed by atoms with Gasteiger partial charge in [0.05, 0.1) is 33.9 Å². The molecule has 0 amide bonds. The Labute approximate surface area is 225 Å². The fourth-order valence-corrected chi connectivity index (χ4v) is 4.46. The predicted octanol–water partition coefficient (Wildman–Crippen LogP) is 5.33. The van der Waals surface area contributed by atoms with Gasteiger partial charge in [0.2, 0.25) is 0 Å². The highest BCUT2D eigenvalue weighted by atomic mass is 127. The molecule has 0 saturated heterocycles. The van der Waals surface area contributed by atoms with Gasteiger partial charge in [-0.1, -0.05) is 22.9 Å². The first-order valence-corrected chi connectivity index (χ1v) is 13.2. The summed E-state index contributed by atoms with van der Waals surface area (Å²) in [6, 6.07) is 9.04. The van der Waals surface area contributed by atoms with Crippen LogP contribution in [0.25, 0.3) is 10.9 Å². The summed E-state index contributed by atoms with van der Waals surface area (Å²) in [5.41, 5.74) is 1.11. The topological polar surface area (TPSA) is 92.0 Å². The number of carbonyl (C=O) groups is 1. The quantitative estimate of drug-likeness (QED) is 0.167. The van der Waals surface area contributed by atoms with Gasteiger partial charge in [0.25, 0.3) is 5.56 Å². The van der Waals surface area contributed by atoms with Crippen molar-refractivity contribution in [2.24, 2.45) is 5.10 Å². The van der Waals surface area contributed by atoms with E-state index in [1.165, 1.54) is 4.68 Å². The number of aromatic nitrogens is 2. The zero-order valence-corrected chi connectivity index (χ0v) is 23.8. The molecule has 0 aliphatic heterocycles. The van der Waals surface area contributed by atoms with Crippen LogP contribution in [0.3, 0.4) is 0 Å². The van der Waals surface area contributed by atoms with E-state index in [4.69, 9.17) is 14.2 Å². The van der Waals surface area contributed by atoms with Crippen molar-refractivity contribution in [1.82, 2.24) is 9.66 Å². The number of rotatable bonds is 10. The highest BCUT2D eigenvalue weighted by Crippen LogP contribution is 2.35. The van der Waals surface area contributed by atoms with E-state index in [1.807, 2.05) is 32.0 Å². The Balaban J connectivity index is 2.02. The standard InChI is InChI=1S/C25H27BrIN3O5/c1-5-8-22-29-20-10-9-17(26)13-18(20)24(31)30(22)28-14-16-11-19(27)23(21(12-16)33-6-2)35-15(4)25(32)34-7-3/h9-15H,5-8H2,1-4H3/t15-/m1/s1. The number of aryl methyl sites for hydroxylation is 1. The van der Waals surface area contributed by atoms with Crippen LogP contribution in [0, 0.1) is 3.57 Å². The summed E-state index contributed by atoms with van der Waals surface area (Å²) in [4.78, 5) is 29.9. The van der Waals surface area contributed by atoms with Crippen LogP contribution in [0.2, 0.25) is 0 Å². The third-order valence-electron chi connectivity index (χ3n) is 4.92. The smallest absolute Gasteiger partial charge is 0.347 e. The molecular formula is C25H27BrIN3O5. The summed E-state index contributed by atoms with van der Waals surface area (Å²) in [6.45, 7) is 7.95. The minimum atomic E-state index is -0.791. The fraction of sp³-hybridized carbons (Fsp3) is 0.360. The Morgan fingerprint density at radius 1 is 1.23 bits per heavy atom. The van der Waals surface area contributed by atoms with Gasteiger partial charge in [0.1, 0.15) is 5.82 Å². The summed E-state index contributed by atoms with van der Waals surface area (Å²) >= 11 is 5.54. The van der Waals surface area contributed by atoms with E-state index in [1.54, 1.807) is 32.2 Å². The van der Waals surface area contributed by atoms with Crippen LogP contribution in [0.15, 0.2) is 44.7 Å². The van der Waals surface area contributed by atoms with Crippen LogP contribution in [-0.4, -0.2) is 41.2 Å². The molecule has 0 spiro atoms. The van der Waals surface area contributed by atoms with Crippen LogP contribution in [0.5, 0.6) is 11.5 Å². The molecule has 35 heavy (non-hydrogen) atoms. The zero-order valence-electron chi connectivity index (χ0n) is 20.0. The molecule has 2 aromatic carbocycles. The van der Waals surface area contributed by atoms with Crippen molar-refractivity contribution in [3.63, 3.8) is 0 Å². The Bertz CT molecular complexity index is 1310. The Morgan fingerprint density at radius 3 is 2.69 bits per heavy atom. The van der Waals surface area contributed by atoms with Crippen molar-refractivity contribution in [3.05, 3.63) is 60.1 Å². The molecule has 0 N–H and O–H groups in total. The third-order valence-corrected chi connectivity index (χ3v) is 6.21. The zero-order chi connectivity index (χ0) is 25.5. The first kappa shape index (κ1) is 27.1. The second kappa shape index (κ2) is 12.5. The van der Waals surface area contributed by atoms with Crippen molar-refractivity contribution in [3.8, 4) is 11.5 Å². The SMILES string of the molecule is CCCc1nc2ccc(Br)cc2c(=O)n1N=Cc1cc(I)c(O[C@H](C)C(=O)OCC)c(OCC)c1. The molecule has 1 heterocycles. The molecule has 10 heteroatoms. The van der Waals surface area contributed by atoms with Crippen molar-refractivity contribution in [2.45, 2.75) is 46.6 Å². The number of hydrogen-bond donors (Lipinski definition) is 0. The van der Waals surface area contributed by atoms with E-state index in [2.05, 4.69) is 48.6 Å². The van der Waals surface area contributed by atoms with Gasteiger partial charge >= 0.3 is 5.97 Å². The molecule has 1 atom stereocenters. The molecule has 0 unspecified atom stereocenters. The second-order valence-electron chi connectivity index (χ2n) is 7.58. The van der Waals surface area contributed by atoms with E-state index in [9.17, 15) is 9.59 Å². The van der Waals surface area contributed by atoms with E-state index in [0.717, 1.165) is 14.5 Å². The number of ether oxygens (including phenoxy) is 3. The fourth-order valence-electron chi connectivity index (χ4n) is 3.35. The van der Waals surface area contributed by atoms with E-state index >= 15 is 0 Å². The molecule has 3 aromatic rings. The predicted molar refractivity (Wildman–Crippen MR) is 148 cm³/mol. The van der Waals surface area contributed by atoms with Gasteiger partial charge in [-0.25, -0.2) is 9.78 Å². The maximum atomic E-state index is 13.2. The maximum absolute atomic E-state index is 13.2. The van der Waals surface area contributed by atoms with Crippen molar-refractivity contribution >= 4 is 61.6 Å². The highest BCUT2D eigenvalue weighted by molar-refractivity contribution is 14.1. The molecule has 8 nitrogen and oxygen atoms in total. The lowest BCUT2D eigenvalue weighted by Gasteiger charge is -2.18. The molecule has 0 saturated carbocycles. The molecule has 0 bridgehead atoms. The van der Waals surface area contributed by atoms with Gasteiger partial charge in [-0.3, -0.25) is 4.79 Å². The van der Waals surface area contributed by atoms with Crippen LogP contribution >= 0.6 is 38.5 Å². The Hall–Kier alpha value is -2.47. The summed E-state index contributed by atoms with van der Waals surface area (Å²) in [6.07, 6.45) is 2.23. The summed E-state index contributed by atoms with van der Waals surface area (Å²) in [7, 11) is 0. The minimum absolute atomic E-state index is 0.237. The number of esters is 1. The number of nitrogens with zero attached hydrogens (tertiary/aromatic N) is 3. The van der Waals surface area contributed by atoms with Crippen LogP contribution in [-0.2, 0) is 16.0 Å². The molecule has 0 aliphatic rings. The number of fused-ring (bicyclic) bond motifs is 1. The van der Waals surface area contributed by atoms with Crippen molar-refractivity contribution in [2.75, 3.05) is 13.2 Å². The molecule has 0 fully saturated rings. The minimum Gasteiger partial charge on any atom is -0.490 e. The monoisotopic (exact) mass is 655 g/mol. The average molecular weight is 656 g/mol. The average Bonchev–Trinajstić information content (AvgIpc) is 2.82. The molecule has 3 rings (SSSR count). The summed E-state index contributed by atoms with van der Waals surface area (Å²) in [5, 5.41) is 4.97. The van der Waals surface area contributed by atoms with E-state index < -0.39 is 12.1 Å². The lowest BCUT2D eigenvalue weighted by Crippen LogP contribution is -2.26. The van der Waals surface area contributed by atoms with Gasteiger partial charge in [0, 0.05) is 10.9 Å². The number of halogens is 2. The number of hydrogen-bond acceptors (Lipinski definition) is 7. The lowest BCUT2D eigenvalue weighted by atomic mass is 10.2. The van der Waals surface area contributed by atoms with Crippen LogP contribution in [0.1, 0.15) is 45.5 Å². The van der Waals surface area contributed by atoms with Gasteiger partial charge in [-0.05, 0) is 85.7 Å². The Kier molecular flexibility index (Phi) is 9.67. The van der Waals surface area contributed by atoms with Gasteiger partial charge in [-0.2, -0.15) is 9.78 Å². The Morgan fingerprint density at radius 2 is 2.00 bits per heavy atom. The lowest BCUT2D eigenvalue weighted by molar-refractivity contribution is -0.150. The molecule has 1 aromatic heterocycles. The first-order chi connectivity index (χ1) is 16.8. The largest absolute Gasteiger partial charge is 0.490 e. The van der Waals surface area contributed by atoms with Gasteiger partial charge < -0.3 is 14.2 Å². The van der Waals surface area contributed by atoms with Crippen LogP contribution in [0.4, 0.5) is 0 Å². The normalized spacial score (nSPS) is 12.2. The number of carbonyl (C=O) groups excluding carboxylic acids is 1. The van der Waals surface area contributed by atoms with Gasteiger partial charge in [-0.15, -0.1) is 0 Å². The molecule has 0 aliphatic carbocycles. The van der Waals surface area contributed by atoms with Crippen molar-refractivity contribution < 1.29 is 19.0 Å². The first-order valence-electron chi connectivity index (χ1n) is 11.3. The number of benzene rings is 2. The van der Waals surface area contributed by atoms with Crippen LogP contribution < -0.4 is 15.0 Å². The summed E-state index contributed by atoms with van der Waals surface area (Å²) in [5.74, 6) is 1.06. The summed E-state index contributed by atoms with van der Waals surface area (Å²) < 4.78 is 19.6. The molecule has 186 valence electrons.